The normalized spacial score (nSPS) is 19.9. The van der Waals surface area contributed by atoms with Crippen LogP contribution in [0.25, 0.3) is 0 Å². The van der Waals surface area contributed by atoms with Crippen LogP contribution in [-0.2, 0) is 14.3 Å². The van der Waals surface area contributed by atoms with E-state index in [9.17, 15) is 9.59 Å². The van der Waals surface area contributed by atoms with Crippen molar-refractivity contribution in [1.82, 2.24) is 4.90 Å². The molecule has 0 bridgehead atoms. The van der Waals surface area contributed by atoms with E-state index < -0.39 is 23.7 Å². The van der Waals surface area contributed by atoms with Crippen LogP contribution in [0.15, 0.2) is 24.3 Å². The lowest BCUT2D eigenvalue weighted by atomic mass is 10.0. The Bertz CT molecular complexity index is 665. The molecule has 0 N–H and O–H groups in total. The van der Waals surface area contributed by atoms with E-state index in [1.54, 1.807) is 6.92 Å². The molecule has 0 aliphatic carbocycles. The van der Waals surface area contributed by atoms with Crippen molar-refractivity contribution >= 4 is 12.1 Å². The maximum absolute atomic E-state index is 12.4. The molecule has 2 rings (SSSR count). The van der Waals surface area contributed by atoms with Crippen LogP contribution < -0.4 is 4.74 Å². The number of esters is 1. The Hall–Kier alpha value is -2.24. The van der Waals surface area contributed by atoms with Crippen LogP contribution in [0.2, 0.25) is 0 Å². The lowest BCUT2D eigenvalue weighted by molar-refractivity contribution is -0.149. The van der Waals surface area contributed by atoms with Gasteiger partial charge in [-0.25, -0.2) is 4.79 Å². The third-order valence-electron chi connectivity index (χ3n) is 4.32. The number of likely N-dealkylation sites (tertiary alicyclic amines) is 1. The minimum atomic E-state index is -0.596. The lowest BCUT2D eigenvalue weighted by Crippen LogP contribution is -2.36. The van der Waals surface area contributed by atoms with Crippen molar-refractivity contribution in [3.63, 3.8) is 0 Å². The lowest BCUT2D eigenvalue weighted by Gasteiger charge is -2.24. The van der Waals surface area contributed by atoms with E-state index in [4.69, 9.17) is 14.2 Å². The summed E-state index contributed by atoms with van der Waals surface area (Å²) in [6.45, 7) is 12.2. The van der Waals surface area contributed by atoms with E-state index in [1.807, 2.05) is 45.0 Å². The second kappa shape index (κ2) is 8.63. The molecule has 6 heteroatoms. The summed E-state index contributed by atoms with van der Waals surface area (Å²) < 4.78 is 16.7. The average molecular weight is 377 g/mol. The highest BCUT2D eigenvalue weighted by Gasteiger charge is 2.43. The molecular weight excluding hydrogens is 346 g/mol. The van der Waals surface area contributed by atoms with E-state index in [1.165, 1.54) is 4.90 Å². The molecule has 0 spiro atoms. The number of ether oxygens (including phenoxy) is 3. The Morgan fingerprint density at radius 2 is 1.93 bits per heavy atom. The number of hydrogen-bond acceptors (Lipinski definition) is 5. The Kier molecular flexibility index (Phi) is 6.73. The molecule has 1 saturated heterocycles. The van der Waals surface area contributed by atoms with Crippen molar-refractivity contribution < 1.29 is 23.8 Å². The number of nitrogens with zero attached hydrogens (tertiary/aromatic N) is 1. The molecular formula is C21H31NO5. The summed E-state index contributed by atoms with van der Waals surface area (Å²) in [6, 6.07) is 7.82. The quantitative estimate of drug-likeness (QED) is 0.726. The molecule has 0 aromatic heterocycles. The number of carbonyl (C=O) groups is 2. The maximum atomic E-state index is 12.4. The third kappa shape index (κ3) is 5.88. The first kappa shape index (κ1) is 21.1. The van der Waals surface area contributed by atoms with Gasteiger partial charge in [-0.15, -0.1) is 0 Å². The zero-order valence-electron chi connectivity index (χ0n) is 17.2. The van der Waals surface area contributed by atoms with Crippen molar-refractivity contribution in [2.24, 2.45) is 5.92 Å². The maximum Gasteiger partial charge on any atom is 0.410 e. The Morgan fingerprint density at radius 3 is 2.52 bits per heavy atom. The van der Waals surface area contributed by atoms with Gasteiger partial charge in [0.05, 0.1) is 13.2 Å². The van der Waals surface area contributed by atoms with E-state index in [2.05, 4.69) is 13.8 Å². The summed E-state index contributed by atoms with van der Waals surface area (Å²) in [4.78, 5) is 26.3. The van der Waals surface area contributed by atoms with Crippen LogP contribution in [0.4, 0.5) is 4.79 Å². The Balaban J connectivity index is 2.16. The topological polar surface area (TPSA) is 65.1 Å². The molecule has 1 aromatic carbocycles. The third-order valence-corrected chi connectivity index (χ3v) is 4.32. The molecule has 1 heterocycles. The molecule has 2 atom stereocenters. The molecule has 1 amide bonds. The first-order valence-electron chi connectivity index (χ1n) is 9.52. The fourth-order valence-electron chi connectivity index (χ4n) is 2.97. The molecule has 6 nitrogen and oxygen atoms in total. The Morgan fingerprint density at radius 1 is 1.22 bits per heavy atom. The van der Waals surface area contributed by atoms with Gasteiger partial charge in [-0.2, -0.15) is 0 Å². The van der Waals surface area contributed by atoms with E-state index >= 15 is 0 Å². The van der Waals surface area contributed by atoms with Crippen LogP contribution in [-0.4, -0.2) is 48.4 Å². The second-order valence-corrected chi connectivity index (χ2v) is 8.13. The minimum absolute atomic E-state index is 0.224. The molecule has 150 valence electrons. The number of hydrogen-bond donors (Lipinski definition) is 0. The minimum Gasteiger partial charge on any atom is -0.488 e. The van der Waals surface area contributed by atoms with Gasteiger partial charge < -0.3 is 19.1 Å². The molecule has 1 aliphatic rings. The summed E-state index contributed by atoms with van der Waals surface area (Å²) in [7, 11) is 0. The summed E-state index contributed by atoms with van der Waals surface area (Å²) >= 11 is 0. The van der Waals surface area contributed by atoms with Crippen LogP contribution in [0.3, 0.4) is 0 Å². The van der Waals surface area contributed by atoms with Crippen LogP contribution in [0, 0.1) is 5.92 Å². The van der Waals surface area contributed by atoms with Crippen LogP contribution >= 0.6 is 0 Å². The van der Waals surface area contributed by atoms with Crippen molar-refractivity contribution in [3.8, 4) is 5.75 Å². The number of benzene rings is 1. The van der Waals surface area contributed by atoms with Gasteiger partial charge in [0.15, 0.2) is 0 Å². The van der Waals surface area contributed by atoms with Gasteiger partial charge in [-0.1, -0.05) is 26.0 Å². The van der Waals surface area contributed by atoms with Crippen molar-refractivity contribution in [1.29, 1.82) is 0 Å². The van der Waals surface area contributed by atoms with Crippen molar-refractivity contribution in [2.45, 2.75) is 59.2 Å². The first-order valence-corrected chi connectivity index (χ1v) is 9.52. The average Bonchev–Trinajstić information content (AvgIpc) is 2.98. The van der Waals surface area contributed by atoms with Crippen LogP contribution in [0.5, 0.6) is 5.75 Å². The van der Waals surface area contributed by atoms with Gasteiger partial charge in [0.25, 0.3) is 0 Å². The van der Waals surface area contributed by atoms with E-state index in [0.717, 1.165) is 5.56 Å². The van der Waals surface area contributed by atoms with Gasteiger partial charge in [0.1, 0.15) is 23.4 Å². The molecule has 1 fully saturated rings. The highest BCUT2D eigenvalue weighted by atomic mass is 16.6. The zero-order valence-corrected chi connectivity index (χ0v) is 17.2. The van der Waals surface area contributed by atoms with E-state index in [-0.39, 0.29) is 25.7 Å². The van der Waals surface area contributed by atoms with Crippen LogP contribution in [0.1, 0.15) is 53.0 Å². The molecule has 1 aromatic rings. The summed E-state index contributed by atoms with van der Waals surface area (Å²) in [5, 5.41) is 0. The highest BCUT2D eigenvalue weighted by molar-refractivity contribution is 5.76. The van der Waals surface area contributed by atoms with E-state index in [0.29, 0.717) is 11.7 Å². The predicted octanol–water partition coefficient (Wildman–Crippen LogP) is 3.99. The van der Waals surface area contributed by atoms with Crippen molar-refractivity contribution in [2.75, 3.05) is 19.7 Å². The number of amides is 1. The fraction of sp³-hybridized carbons (Fsp3) is 0.619. The van der Waals surface area contributed by atoms with Crippen molar-refractivity contribution in [3.05, 3.63) is 29.8 Å². The smallest absolute Gasteiger partial charge is 0.410 e. The standard InChI is InChI=1S/C21H31NO5/c1-7-25-19(23)17-12-22(20(24)27-21(4,5)6)13-18(17)26-16-10-8-9-15(11-16)14(2)3/h8-11,14,17-18H,7,12-13H2,1-6H3/t17-,18?/m0/s1. The number of rotatable bonds is 5. The molecule has 1 aliphatic heterocycles. The SMILES string of the molecule is CCOC(=O)[C@H]1CN(C(=O)OC(C)(C)C)CC1Oc1cccc(C(C)C)c1. The zero-order chi connectivity index (χ0) is 20.2. The Labute approximate surface area is 161 Å². The first-order chi connectivity index (χ1) is 12.6. The largest absolute Gasteiger partial charge is 0.488 e. The fourth-order valence-corrected chi connectivity index (χ4v) is 2.97. The summed E-state index contributed by atoms with van der Waals surface area (Å²) in [5.41, 5.74) is 0.559. The molecule has 0 saturated carbocycles. The second-order valence-electron chi connectivity index (χ2n) is 8.13. The predicted molar refractivity (Wildman–Crippen MR) is 103 cm³/mol. The summed E-state index contributed by atoms with van der Waals surface area (Å²) in [5.74, 6) is 0.163. The van der Waals surface area contributed by atoms with Gasteiger partial charge in [-0.3, -0.25) is 4.79 Å². The summed E-state index contributed by atoms with van der Waals surface area (Å²) in [6.07, 6.45) is -0.919. The molecule has 0 radical (unpaired) electrons. The number of carbonyl (C=O) groups excluding carboxylic acids is 2. The van der Waals surface area contributed by atoms with Gasteiger partial charge in [-0.05, 0) is 51.3 Å². The molecule has 27 heavy (non-hydrogen) atoms. The highest BCUT2D eigenvalue weighted by Crippen LogP contribution is 2.27. The molecule has 1 unspecified atom stereocenters. The van der Waals surface area contributed by atoms with Gasteiger partial charge >= 0.3 is 12.1 Å². The monoisotopic (exact) mass is 377 g/mol. The van der Waals surface area contributed by atoms with Gasteiger partial charge in [0, 0.05) is 6.54 Å². The van der Waals surface area contributed by atoms with Gasteiger partial charge in [0.2, 0.25) is 0 Å².